The first-order chi connectivity index (χ1) is 13.1. The van der Waals surface area contributed by atoms with Crippen molar-refractivity contribution in [1.82, 2.24) is 0 Å². The summed E-state index contributed by atoms with van der Waals surface area (Å²) in [5.74, 6) is -0.218. The van der Waals surface area contributed by atoms with Gasteiger partial charge in [0.2, 0.25) is 0 Å². The van der Waals surface area contributed by atoms with Crippen LogP contribution in [0.4, 0.5) is 0 Å². The maximum absolute atomic E-state index is 12.0. The van der Waals surface area contributed by atoms with Gasteiger partial charge >= 0.3 is 11.6 Å². The lowest BCUT2D eigenvalue weighted by atomic mass is 10.0. The fraction of sp³-hybridized carbons (Fsp3) is 0.238. The van der Waals surface area contributed by atoms with Crippen LogP contribution >= 0.6 is 11.6 Å². The average Bonchev–Trinajstić information content (AvgIpc) is 2.67. The third-order valence-corrected chi connectivity index (χ3v) is 4.28. The average molecular weight is 387 g/mol. The monoisotopic (exact) mass is 386 g/mol. The lowest BCUT2D eigenvalue weighted by molar-refractivity contribution is -0.146. The molecule has 0 bridgehead atoms. The van der Waals surface area contributed by atoms with Gasteiger partial charge in [-0.2, -0.15) is 0 Å². The SMILES string of the molecule is CCCCOC(=O)COc1cc2oc(=O)cc(-c3ccccc3)c2cc1Cl. The van der Waals surface area contributed by atoms with Crippen molar-refractivity contribution in [3.05, 3.63) is 64.0 Å². The topological polar surface area (TPSA) is 65.7 Å². The number of ether oxygens (including phenoxy) is 2. The highest BCUT2D eigenvalue weighted by atomic mass is 35.5. The lowest BCUT2D eigenvalue weighted by Gasteiger charge is -2.11. The molecule has 0 saturated carbocycles. The van der Waals surface area contributed by atoms with Crippen LogP contribution in [-0.2, 0) is 9.53 Å². The number of carbonyl (C=O) groups excluding carboxylic acids is 1. The molecule has 3 rings (SSSR count). The van der Waals surface area contributed by atoms with Crippen molar-refractivity contribution in [2.45, 2.75) is 19.8 Å². The largest absolute Gasteiger partial charge is 0.480 e. The highest BCUT2D eigenvalue weighted by Gasteiger charge is 2.13. The van der Waals surface area contributed by atoms with Crippen LogP contribution in [0, 0.1) is 0 Å². The molecule has 1 heterocycles. The van der Waals surface area contributed by atoms with Crippen molar-refractivity contribution in [2.75, 3.05) is 13.2 Å². The molecule has 140 valence electrons. The maximum Gasteiger partial charge on any atom is 0.344 e. The summed E-state index contributed by atoms with van der Waals surface area (Å²) in [6.45, 7) is 2.10. The van der Waals surface area contributed by atoms with Crippen LogP contribution in [0.5, 0.6) is 5.75 Å². The van der Waals surface area contributed by atoms with Crippen LogP contribution in [0.25, 0.3) is 22.1 Å². The summed E-state index contributed by atoms with van der Waals surface area (Å²) in [7, 11) is 0. The molecule has 2 aromatic carbocycles. The molecule has 0 fully saturated rings. The minimum Gasteiger partial charge on any atom is -0.480 e. The minimum absolute atomic E-state index is 0.255. The fourth-order valence-electron chi connectivity index (χ4n) is 2.64. The van der Waals surface area contributed by atoms with E-state index < -0.39 is 11.6 Å². The molecule has 0 spiro atoms. The van der Waals surface area contributed by atoms with Crippen LogP contribution in [0.15, 0.2) is 57.7 Å². The Bertz CT molecular complexity index is 995. The van der Waals surface area contributed by atoms with Gasteiger partial charge in [0.25, 0.3) is 0 Å². The summed E-state index contributed by atoms with van der Waals surface area (Å²) >= 11 is 6.32. The molecular formula is C21H19ClO5. The Kier molecular flexibility index (Phi) is 6.14. The predicted molar refractivity (Wildman–Crippen MR) is 104 cm³/mol. The Morgan fingerprint density at radius 2 is 1.93 bits per heavy atom. The molecule has 0 radical (unpaired) electrons. The highest BCUT2D eigenvalue weighted by molar-refractivity contribution is 6.33. The number of unbranched alkanes of at least 4 members (excludes halogenated alkanes) is 1. The number of benzene rings is 2. The van der Waals surface area contributed by atoms with Gasteiger partial charge in [0.15, 0.2) is 6.61 Å². The molecule has 0 amide bonds. The van der Waals surface area contributed by atoms with Crippen molar-refractivity contribution < 1.29 is 18.7 Å². The number of halogens is 1. The van der Waals surface area contributed by atoms with Crippen LogP contribution in [-0.4, -0.2) is 19.2 Å². The van der Waals surface area contributed by atoms with Gasteiger partial charge < -0.3 is 13.9 Å². The van der Waals surface area contributed by atoms with Crippen molar-refractivity contribution >= 4 is 28.5 Å². The molecule has 0 saturated heterocycles. The molecule has 0 unspecified atom stereocenters. The van der Waals surface area contributed by atoms with Gasteiger partial charge in [0.05, 0.1) is 11.6 Å². The number of fused-ring (bicyclic) bond motifs is 1. The van der Waals surface area contributed by atoms with Crippen molar-refractivity contribution in [1.29, 1.82) is 0 Å². The molecule has 3 aromatic rings. The maximum atomic E-state index is 12.0. The second-order valence-electron chi connectivity index (χ2n) is 5.99. The number of esters is 1. The predicted octanol–water partition coefficient (Wildman–Crippen LogP) is 4.84. The Morgan fingerprint density at radius 1 is 1.15 bits per heavy atom. The second kappa shape index (κ2) is 8.73. The molecule has 27 heavy (non-hydrogen) atoms. The first-order valence-electron chi connectivity index (χ1n) is 8.69. The number of rotatable bonds is 7. The van der Waals surface area contributed by atoms with Crippen molar-refractivity contribution in [2.24, 2.45) is 0 Å². The van der Waals surface area contributed by atoms with Crippen LogP contribution in [0.1, 0.15) is 19.8 Å². The number of carbonyl (C=O) groups is 1. The lowest BCUT2D eigenvalue weighted by Crippen LogP contribution is -2.15. The van der Waals surface area contributed by atoms with E-state index in [4.69, 9.17) is 25.5 Å². The first-order valence-corrected chi connectivity index (χ1v) is 9.07. The molecule has 6 heteroatoms. The van der Waals surface area contributed by atoms with Crippen molar-refractivity contribution in [3.8, 4) is 16.9 Å². The standard InChI is InChI=1S/C21H19ClO5/c1-2-3-9-25-21(24)13-26-19-12-18-16(10-17(19)22)15(11-20(23)27-18)14-7-5-4-6-8-14/h4-8,10-12H,2-3,9,13H2,1H3. The molecule has 0 N–H and O–H groups in total. The zero-order valence-corrected chi connectivity index (χ0v) is 15.6. The molecule has 1 aromatic heterocycles. The van der Waals surface area contributed by atoms with E-state index in [0.29, 0.717) is 28.2 Å². The zero-order valence-electron chi connectivity index (χ0n) is 14.9. The number of hydrogen-bond acceptors (Lipinski definition) is 5. The summed E-state index contributed by atoms with van der Waals surface area (Å²) < 4.78 is 15.8. The summed E-state index contributed by atoms with van der Waals surface area (Å²) in [4.78, 5) is 23.7. The van der Waals surface area contributed by atoms with E-state index in [1.54, 1.807) is 6.07 Å². The molecule has 0 aliphatic rings. The van der Waals surface area contributed by atoms with Crippen LogP contribution in [0.3, 0.4) is 0 Å². The summed E-state index contributed by atoms with van der Waals surface area (Å²) in [6.07, 6.45) is 1.74. The molecule has 5 nitrogen and oxygen atoms in total. The van der Waals surface area contributed by atoms with Crippen LogP contribution in [0.2, 0.25) is 5.02 Å². The first kappa shape index (κ1) is 19.0. The van der Waals surface area contributed by atoms with Crippen LogP contribution < -0.4 is 10.4 Å². The van der Waals surface area contributed by atoms with Gasteiger partial charge in [-0.05, 0) is 23.6 Å². The third kappa shape index (κ3) is 4.68. The highest BCUT2D eigenvalue weighted by Crippen LogP contribution is 2.34. The smallest absolute Gasteiger partial charge is 0.344 e. The normalized spacial score (nSPS) is 10.7. The summed E-state index contributed by atoms with van der Waals surface area (Å²) in [5.41, 5.74) is 1.45. The molecule has 0 aliphatic heterocycles. The summed E-state index contributed by atoms with van der Waals surface area (Å²) in [5, 5.41) is 0.999. The third-order valence-electron chi connectivity index (χ3n) is 3.99. The van der Waals surface area contributed by atoms with E-state index in [-0.39, 0.29) is 12.4 Å². The second-order valence-corrected chi connectivity index (χ2v) is 6.39. The minimum atomic E-state index is -0.478. The molecule has 0 atom stereocenters. The molecule has 0 aliphatic carbocycles. The van der Waals surface area contributed by atoms with E-state index in [9.17, 15) is 9.59 Å². The van der Waals surface area contributed by atoms with Gasteiger partial charge in [0.1, 0.15) is 11.3 Å². The zero-order chi connectivity index (χ0) is 19.2. The van der Waals surface area contributed by atoms with E-state index in [1.165, 1.54) is 12.1 Å². The Morgan fingerprint density at radius 3 is 2.67 bits per heavy atom. The van der Waals surface area contributed by atoms with Gasteiger partial charge in [-0.15, -0.1) is 0 Å². The molecular weight excluding hydrogens is 368 g/mol. The van der Waals surface area contributed by atoms with Crippen molar-refractivity contribution in [3.63, 3.8) is 0 Å². The fourth-order valence-corrected chi connectivity index (χ4v) is 2.86. The van der Waals surface area contributed by atoms with Gasteiger partial charge in [-0.3, -0.25) is 0 Å². The number of hydrogen-bond donors (Lipinski definition) is 0. The Hall–Kier alpha value is -2.79. The quantitative estimate of drug-likeness (QED) is 0.330. The van der Waals surface area contributed by atoms with Gasteiger partial charge in [-0.1, -0.05) is 55.3 Å². The van der Waals surface area contributed by atoms with E-state index in [1.807, 2.05) is 37.3 Å². The van der Waals surface area contributed by atoms with E-state index in [0.717, 1.165) is 18.4 Å². The van der Waals surface area contributed by atoms with Gasteiger partial charge in [-0.25, -0.2) is 9.59 Å². The van der Waals surface area contributed by atoms with E-state index >= 15 is 0 Å². The Labute approximate surface area is 161 Å². The summed E-state index contributed by atoms with van der Waals surface area (Å²) in [6, 6.07) is 14.1. The van der Waals surface area contributed by atoms with E-state index in [2.05, 4.69) is 0 Å². The van der Waals surface area contributed by atoms with Gasteiger partial charge in [0, 0.05) is 17.5 Å². The Balaban J connectivity index is 1.89.